The molecule has 0 aromatic heterocycles. The van der Waals surface area contributed by atoms with Gasteiger partial charge in [-0.15, -0.1) is 0 Å². The third-order valence-electron chi connectivity index (χ3n) is 11.0. The number of fused-ring (bicyclic) bond motifs is 2. The van der Waals surface area contributed by atoms with E-state index >= 15 is 0 Å². The predicted octanol–water partition coefficient (Wildman–Crippen LogP) is 4.14. The molecule has 1 amide bonds. The summed E-state index contributed by atoms with van der Waals surface area (Å²) >= 11 is 0. The fraction of sp³-hybridized carbons (Fsp3) is 0.893. The van der Waals surface area contributed by atoms with Crippen molar-refractivity contribution in [2.75, 3.05) is 39.5 Å². The highest BCUT2D eigenvalue weighted by atomic mass is 16.7. The molecule has 1 spiro atoms. The number of rotatable bonds is 3. The second-order valence-corrected chi connectivity index (χ2v) is 13.1. The number of hydrogen-bond acceptors (Lipinski definition) is 6. The Balaban J connectivity index is 1.40. The Kier molecular flexibility index (Phi) is 5.65. The summed E-state index contributed by atoms with van der Waals surface area (Å²) in [6, 6.07) is 0. The van der Waals surface area contributed by atoms with Crippen LogP contribution in [0.1, 0.15) is 65.7 Å². The number of nitrogens with zero attached hydrogens (tertiary/aromatic N) is 1. The lowest BCUT2D eigenvalue weighted by molar-refractivity contribution is -0.397. The number of morpholine rings is 1. The van der Waals surface area contributed by atoms with Crippen LogP contribution in [0.2, 0.25) is 0 Å². The topological polar surface area (TPSA) is 77.5 Å². The minimum atomic E-state index is -0.654. The molecule has 0 radical (unpaired) electrons. The highest BCUT2D eigenvalue weighted by Gasteiger charge is 2.74. The van der Waals surface area contributed by atoms with Gasteiger partial charge in [0.05, 0.1) is 32.0 Å². The molecule has 1 N–H and O–H groups in total. The molecule has 5 saturated carbocycles. The third-order valence-corrected chi connectivity index (χ3v) is 11.0. The summed E-state index contributed by atoms with van der Waals surface area (Å²) in [5.74, 6) is 0.342. The normalized spacial score (nSPS) is 48.2. The SMILES string of the molecule is C=C1[C@H]2CC[C@@]34C(C2)[C@]2(COC(=O)N5CCOCC5)CCC[C@@](C)(CO)C2C[C@H]3OC(C)(C)O[C@@H]14. The number of carbonyl (C=O) groups is 1. The van der Waals surface area contributed by atoms with Crippen molar-refractivity contribution in [2.45, 2.75) is 83.7 Å². The van der Waals surface area contributed by atoms with E-state index < -0.39 is 5.79 Å². The van der Waals surface area contributed by atoms with Gasteiger partial charge in [0.15, 0.2) is 5.79 Å². The highest BCUT2D eigenvalue weighted by molar-refractivity contribution is 5.67. The van der Waals surface area contributed by atoms with Gasteiger partial charge < -0.3 is 29.0 Å². The Hall–Kier alpha value is -1.15. The van der Waals surface area contributed by atoms with Gasteiger partial charge in [0.25, 0.3) is 0 Å². The molecule has 2 aliphatic heterocycles. The molecule has 7 fully saturated rings. The molecular weight excluding hydrogens is 446 g/mol. The first kappa shape index (κ1) is 24.2. The van der Waals surface area contributed by atoms with Crippen LogP contribution in [0.25, 0.3) is 0 Å². The molecule has 0 aromatic carbocycles. The van der Waals surface area contributed by atoms with Crippen LogP contribution in [-0.4, -0.2) is 73.6 Å². The summed E-state index contributed by atoms with van der Waals surface area (Å²) in [5, 5.41) is 10.7. The number of aliphatic hydroxyl groups is 1. The lowest BCUT2D eigenvalue weighted by Crippen LogP contribution is -2.75. The molecular formula is C28H43NO6. The van der Waals surface area contributed by atoms with Gasteiger partial charge in [0.1, 0.15) is 0 Å². The van der Waals surface area contributed by atoms with Crippen molar-refractivity contribution in [3.05, 3.63) is 12.2 Å². The highest BCUT2D eigenvalue weighted by Crippen LogP contribution is 2.74. The first-order chi connectivity index (χ1) is 16.7. The molecule has 7 aliphatic rings. The summed E-state index contributed by atoms with van der Waals surface area (Å²) < 4.78 is 25.1. The average molecular weight is 490 g/mol. The zero-order valence-corrected chi connectivity index (χ0v) is 21.7. The number of aliphatic hydroxyl groups excluding tert-OH is 1. The van der Waals surface area contributed by atoms with Crippen molar-refractivity contribution >= 4 is 6.09 Å². The maximum absolute atomic E-state index is 13.1. The molecule has 2 bridgehead atoms. The summed E-state index contributed by atoms with van der Waals surface area (Å²) in [6.45, 7) is 13.7. The van der Waals surface area contributed by atoms with E-state index in [9.17, 15) is 9.90 Å². The van der Waals surface area contributed by atoms with Crippen molar-refractivity contribution in [3.8, 4) is 0 Å². The number of hydrogen-bond donors (Lipinski definition) is 1. The zero-order chi connectivity index (χ0) is 24.6. The molecule has 8 atom stereocenters. The van der Waals surface area contributed by atoms with Gasteiger partial charge in [-0.05, 0) is 81.1 Å². The first-order valence-corrected chi connectivity index (χ1v) is 13.8. The van der Waals surface area contributed by atoms with Gasteiger partial charge in [-0.2, -0.15) is 0 Å². The van der Waals surface area contributed by atoms with Gasteiger partial charge in [-0.1, -0.05) is 19.9 Å². The van der Waals surface area contributed by atoms with Crippen LogP contribution < -0.4 is 0 Å². The van der Waals surface area contributed by atoms with Crippen LogP contribution in [0.3, 0.4) is 0 Å². The number of ether oxygens (including phenoxy) is 4. The number of carbonyl (C=O) groups excluding carboxylic acids is 1. The van der Waals surface area contributed by atoms with Gasteiger partial charge >= 0.3 is 6.09 Å². The predicted molar refractivity (Wildman–Crippen MR) is 130 cm³/mol. The molecule has 5 aliphatic carbocycles. The van der Waals surface area contributed by atoms with Crippen LogP contribution in [0.5, 0.6) is 0 Å². The summed E-state index contributed by atoms with van der Waals surface area (Å²) in [5.41, 5.74) is 0.727. The Morgan fingerprint density at radius 2 is 1.89 bits per heavy atom. The van der Waals surface area contributed by atoms with E-state index in [1.807, 2.05) is 13.8 Å². The monoisotopic (exact) mass is 489 g/mol. The van der Waals surface area contributed by atoms with Crippen LogP contribution in [-0.2, 0) is 18.9 Å². The summed E-state index contributed by atoms with van der Waals surface area (Å²) in [7, 11) is 0. The minimum Gasteiger partial charge on any atom is -0.449 e. The number of amides is 1. The zero-order valence-electron chi connectivity index (χ0n) is 21.7. The molecule has 7 rings (SSSR count). The van der Waals surface area contributed by atoms with E-state index in [-0.39, 0.29) is 47.1 Å². The van der Waals surface area contributed by atoms with Crippen molar-refractivity contribution in [3.63, 3.8) is 0 Å². The second kappa shape index (κ2) is 8.17. The largest absolute Gasteiger partial charge is 0.449 e. The average Bonchev–Trinajstić information content (AvgIpc) is 2.85. The summed E-state index contributed by atoms with van der Waals surface area (Å²) in [6.07, 6.45) is 7.06. The molecule has 2 heterocycles. The summed E-state index contributed by atoms with van der Waals surface area (Å²) in [4.78, 5) is 14.9. The van der Waals surface area contributed by atoms with Gasteiger partial charge in [0, 0.05) is 30.5 Å². The minimum absolute atomic E-state index is 0.0103. The lowest BCUT2D eigenvalue weighted by Gasteiger charge is -2.74. The molecule has 2 unspecified atom stereocenters. The molecule has 2 saturated heterocycles. The van der Waals surface area contributed by atoms with Crippen LogP contribution in [0.15, 0.2) is 12.2 Å². The van der Waals surface area contributed by atoms with Crippen molar-refractivity contribution < 1.29 is 28.8 Å². The smallest absolute Gasteiger partial charge is 0.409 e. The van der Waals surface area contributed by atoms with Crippen molar-refractivity contribution in [1.82, 2.24) is 4.90 Å². The maximum Gasteiger partial charge on any atom is 0.409 e. The molecule has 7 nitrogen and oxygen atoms in total. The Morgan fingerprint density at radius 1 is 1.11 bits per heavy atom. The third kappa shape index (κ3) is 3.40. The standard InChI is InChI=1S/C28H43NO6/c1-18-19-6-9-28-21(14-19)27(17-33-24(31)29-10-12-32-13-11-29)8-5-7-26(4,16-30)20(27)15-22(28)34-25(2,3)35-23(18)28/h19-23,30H,1,5-17H2,2-4H3/t19-,20?,21?,22+,23-,26-,27-,28+/m0/s1. The van der Waals surface area contributed by atoms with E-state index in [0.29, 0.717) is 44.7 Å². The molecule has 7 heteroatoms. The fourth-order valence-corrected chi connectivity index (χ4v) is 9.48. The van der Waals surface area contributed by atoms with E-state index in [0.717, 1.165) is 44.9 Å². The second-order valence-electron chi connectivity index (χ2n) is 13.1. The quantitative estimate of drug-likeness (QED) is 0.601. The van der Waals surface area contributed by atoms with E-state index in [1.165, 1.54) is 5.57 Å². The molecule has 35 heavy (non-hydrogen) atoms. The van der Waals surface area contributed by atoms with E-state index in [4.69, 9.17) is 18.9 Å². The Morgan fingerprint density at radius 3 is 2.63 bits per heavy atom. The lowest BCUT2D eigenvalue weighted by atomic mass is 9.35. The van der Waals surface area contributed by atoms with Crippen molar-refractivity contribution in [2.24, 2.45) is 34.0 Å². The van der Waals surface area contributed by atoms with Gasteiger partial charge in [-0.3, -0.25) is 0 Å². The Bertz CT molecular complexity index is 885. The fourth-order valence-electron chi connectivity index (χ4n) is 9.48. The maximum atomic E-state index is 13.1. The van der Waals surface area contributed by atoms with Gasteiger partial charge in [-0.25, -0.2) is 4.79 Å². The van der Waals surface area contributed by atoms with E-state index in [2.05, 4.69) is 13.5 Å². The van der Waals surface area contributed by atoms with Crippen LogP contribution >= 0.6 is 0 Å². The molecule has 0 aromatic rings. The first-order valence-electron chi connectivity index (χ1n) is 13.8. The Labute approximate surface area is 209 Å². The van der Waals surface area contributed by atoms with Crippen LogP contribution in [0.4, 0.5) is 4.79 Å². The van der Waals surface area contributed by atoms with E-state index in [1.54, 1.807) is 4.90 Å². The van der Waals surface area contributed by atoms with Crippen molar-refractivity contribution in [1.29, 1.82) is 0 Å². The van der Waals surface area contributed by atoms with Gasteiger partial charge in [0.2, 0.25) is 0 Å². The van der Waals surface area contributed by atoms with Crippen LogP contribution in [0, 0.1) is 34.0 Å². The molecule has 196 valence electrons.